The Balaban J connectivity index is 3.00. The van der Waals surface area contributed by atoms with Crippen LogP contribution in [0.1, 0.15) is 54.4 Å². The van der Waals surface area contributed by atoms with Gasteiger partial charge < -0.3 is 14.7 Å². The molecule has 1 N–H and O–H groups in total. The van der Waals surface area contributed by atoms with Gasteiger partial charge in [0.05, 0.1) is 17.3 Å². The molecule has 0 radical (unpaired) electrons. The molecule has 1 aliphatic heterocycles. The number of nitrogens with zero attached hydrogens (tertiary/aromatic N) is 1. The highest BCUT2D eigenvalue weighted by molar-refractivity contribution is 5.04. The Morgan fingerprint density at radius 2 is 1.83 bits per heavy atom. The van der Waals surface area contributed by atoms with Gasteiger partial charge in [0.1, 0.15) is 0 Å². The summed E-state index contributed by atoms with van der Waals surface area (Å²) < 4.78 is 6.11. The SMILES string of the molecule is CCC(C)(C(O)C1CC(C)(C)OC1(C)C)N(C)C. The number of ether oxygens (including phenoxy) is 1. The Labute approximate surface area is 113 Å². The van der Waals surface area contributed by atoms with Crippen molar-refractivity contribution in [3.05, 3.63) is 0 Å². The van der Waals surface area contributed by atoms with Crippen molar-refractivity contribution in [3.63, 3.8) is 0 Å². The summed E-state index contributed by atoms with van der Waals surface area (Å²) in [5.41, 5.74) is -0.614. The Morgan fingerprint density at radius 1 is 1.33 bits per heavy atom. The summed E-state index contributed by atoms with van der Waals surface area (Å²) in [5.74, 6) is 0.167. The molecule has 3 heteroatoms. The van der Waals surface area contributed by atoms with Gasteiger partial charge in [-0.1, -0.05) is 6.92 Å². The van der Waals surface area contributed by atoms with E-state index in [0.717, 1.165) is 12.8 Å². The van der Waals surface area contributed by atoms with E-state index in [1.807, 2.05) is 14.1 Å². The third kappa shape index (κ3) is 2.73. The van der Waals surface area contributed by atoms with Crippen LogP contribution in [0.15, 0.2) is 0 Å². The number of hydrogen-bond acceptors (Lipinski definition) is 3. The molecule has 0 saturated carbocycles. The quantitative estimate of drug-likeness (QED) is 0.840. The van der Waals surface area contributed by atoms with Crippen molar-refractivity contribution in [3.8, 4) is 0 Å². The molecule has 1 rings (SSSR count). The van der Waals surface area contributed by atoms with Gasteiger partial charge in [0, 0.05) is 11.5 Å². The average molecular weight is 257 g/mol. The number of aliphatic hydroxyl groups is 1. The molecule has 0 aromatic carbocycles. The summed E-state index contributed by atoms with van der Waals surface area (Å²) in [5, 5.41) is 10.9. The summed E-state index contributed by atoms with van der Waals surface area (Å²) in [6.45, 7) is 12.7. The van der Waals surface area contributed by atoms with Crippen LogP contribution in [0.3, 0.4) is 0 Å². The van der Waals surface area contributed by atoms with Crippen molar-refractivity contribution in [1.82, 2.24) is 4.90 Å². The molecule has 1 saturated heterocycles. The van der Waals surface area contributed by atoms with Crippen molar-refractivity contribution in [2.75, 3.05) is 14.1 Å². The second kappa shape index (κ2) is 4.77. The van der Waals surface area contributed by atoms with Crippen molar-refractivity contribution in [1.29, 1.82) is 0 Å². The zero-order valence-electron chi connectivity index (χ0n) is 13.4. The highest BCUT2D eigenvalue weighted by Crippen LogP contribution is 2.46. The zero-order chi connectivity index (χ0) is 14.4. The molecule has 1 heterocycles. The molecule has 0 aliphatic carbocycles. The molecule has 1 fully saturated rings. The normalized spacial score (nSPS) is 31.3. The van der Waals surface area contributed by atoms with Gasteiger partial charge in [0.25, 0.3) is 0 Å². The van der Waals surface area contributed by atoms with E-state index < -0.39 is 0 Å². The van der Waals surface area contributed by atoms with Crippen molar-refractivity contribution >= 4 is 0 Å². The van der Waals surface area contributed by atoms with Gasteiger partial charge in [-0.3, -0.25) is 0 Å². The van der Waals surface area contributed by atoms with Crippen LogP contribution in [0.25, 0.3) is 0 Å². The molecule has 0 bridgehead atoms. The first-order chi connectivity index (χ1) is 7.96. The molecule has 0 spiro atoms. The van der Waals surface area contributed by atoms with Gasteiger partial charge >= 0.3 is 0 Å². The maximum Gasteiger partial charge on any atom is 0.0777 e. The summed E-state index contributed by atoms with van der Waals surface area (Å²) in [7, 11) is 4.08. The smallest absolute Gasteiger partial charge is 0.0777 e. The average Bonchev–Trinajstić information content (AvgIpc) is 2.43. The van der Waals surface area contributed by atoms with E-state index in [2.05, 4.69) is 46.4 Å². The van der Waals surface area contributed by atoms with E-state index in [4.69, 9.17) is 4.74 Å². The lowest BCUT2D eigenvalue weighted by Gasteiger charge is -2.45. The highest BCUT2D eigenvalue weighted by Gasteiger charge is 2.53. The summed E-state index contributed by atoms with van der Waals surface area (Å²) in [6.07, 6.45) is 1.45. The van der Waals surface area contributed by atoms with Crippen LogP contribution in [-0.4, -0.2) is 46.9 Å². The van der Waals surface area contributed by atoms with E-state index in [1.165, 1.54) is 0 Å². The van der Waals surface area contributed by atoms with Gasteiger partial charge in [-0.15, -0.1) is 0 Å². The van der Waals surface area contributed by atoms with Crippen LogP contribution in [0.2, 0.25) is 0 Å². The van der Waals surface area contributed by atoms with Gasteiger partial charge in [-0.05, 0) is 61.6 Å². The van der Waals surface area contributed by atoms with E-state index in [1.54, 1.807) is 0 Å². The molecule has 0 amide bonds. The monoisotopic (exact) mass is 257 g/mol. The summed E-state index contributed by atoms with van der Waals surface area (Å²) in [6, 6.07) is 0. The molecule has 3 unspecified atom stereocenters. The minimum Gasteiger partial charge on any atom is -0.391 e. The van der Waals surface area contributed by atoms with E-state index >= 15 is 0 Å². The summed E-state index contributed by atoms with van der Waals surface area (Å²) >= 11 is 0. The lowest BCUT2D eigenvalue weighted by atomic mass is 9.74. The minimum absolute atomic E-state index is 0.143. The van der Waals surface area contributed by atoms with Crippen molar-refractivity contribution in [2.45, 2.75) is 77.2 Å². The fourth-order valence-electron chi connectivity index (χ4n) is 3.32. The third-order valence-electron chi connectivity index (χ3n) is 4.90. The second-order valence-corrected chi connectivity index (χ2v) is 7.33. The lowest BCUT2D eigenvalue weighted by Crippen LogP contribution is -2.56. The largest absolute Gasteiger partial charge is 0.391 e. The molecule has 108 valence electrons. The first-order valence-corrected chi connectivity index (χ1v) is 7.02. The fourth-order valence-corrected chi connectivity index (χ4v) is 3.32. The Morgan fingerprint density at radius 3 is 2.11 bits per heavy atom. The van der Waals surface area contributed by atoms with E-state index in [-0.39, 0.29) is 28.8 Å². The van der Waals surface area contributed by atoms with Crippen LogP contribution in [0.4, 0.5) is 0 Å². The molecular formula is C15H31NO2. The minimum atomic E-state index is -0.380. The number of aliphatic hydroxyl groups excluding tert-OH is 1. The van der Waals surface area contributed by atoms with Crippen molar-refractivity contribution in [2.24, 2.45) is 5.92 Å². The Kier molecular flexibility index (Phi) is 4.22. The molecule has 0 aromatic heterocycles. The van der Waals surface area contributed by atoms with Gasteiger partial charge in [0.15, 0.2) is 0 Å². The van der Waals surface area contributed by atoms with Crippen LogP contribution < -0.4 is 0 Å². The van der Waals surface area contributed by atoms with Crippen molar-refractivity contribution < 1.29 is 9.84 Å². The molecule has 0 aromatic rings. The maximum absolute atomic E-state index is 10.9. The van der Waals surface area contributed by atoms with Crippen LogP contribution >= 0.6 is 0 Å². The number of rotatable bonds is 4. The van der Waals surface area contributed by atoms with Gasteiger partial charge in [-0.2, -0.15) is 0 Å². The first kappa shape index (κ1) is 15.9. The fraction of sp³-hybridized carbons (Fsp3) is 1.00. The standard InChI is InChI=1S/C15H31NO2/c1-9-15(6,16(7)8)12(17)11-10-13(2,3)18-14(11,4)5/h11-12,17H,9-10H2,1-8H3. The molecule has 3 nitrogen and oxygen atoms in total. The Bertz CT molecular complexity index is 299. The van der Waals surface area contributed by atoms with Crippen LogP contribution in [-0.2, 0) is 4.74 Å². The van der Waals surface area contributed by atoms with E-state index in [9.17, 15) is 5.11 Å². The van der Waals surface area contributed by atoms with Gasteiger partial charge in [0.2, 0.25) is 0 Å². The van der Waals surface area contributed by atoms with E-state index in [0.29, 0.717) is 0 Å². The second-order valence-electron chi connectivity index (χ2n) is 7.33. The predicted octanol–water partition coefficient (Wildman–Crippen LogP) is 2.67. The highest BCUT2D eigenvalue weighted by atomic mass is 16.5. The Hall–Kier alpha value is -0.120. The number of hydrogen-bond donors (Lipinski definition) is 1. The molecule has 1 aliphatic rings. The summed E-state index contributed by atoms with van der Waals surface area (Å²) in [4.78, 5) is 2.14. The maximum atomic E-state index is 10.9. The predicted molar refractivity (Wildman–Crippen MR) is 75.7 cm³/mol. The van der Waals surface area contributed by atoms with Gasteiger partial charge in [-0.25, -0.2) is 0 Å². The zero-order valence-corrected chi connectivity index (χ0v) is 13.4. The molecule has 18 heavy (non-hydrogen) atoms. The molecule has 3 atom stereocenters. The lowest BCUT2D eigenvalue weighted by molar-refractivity contribution is -0.109. The van der Waals surface area contributed by atoms with Crippen LogP contribution in [0, 0.1) is 5.92 Å². The van der Waals surface area contributed by atoms with Crippen LogP contribution in [0.5, 0.6) is 0 Å². The third-order valence-corrected chi connectivity index (χ3v) is 4.90. The first-order valence-electron chi connectivity index (χ1n) is 7.02. The topological polar surface area (TPSA) is 32.7 Å². The molecular weight excluding hydrogens is 226 g/mol. The number of likely N-dealkylation sites (N-methyl/N-ethyl adjacent to an activating group) is 1.